The molecule has 0 bridgehead atoms. The molecule has 0 aliphatic rings. The second kappa shape index (κ2) is 5.52. The number of amides is 1. The van der Waals surface area contributed by atoms with Crippen molar-refractivity contribution in [3.8, 4) is 0 Å². The van der Waals surface area contributed by atoms with E-state index in [0.717, 1.165) is 4.90 Å². The highest BCUT2D eigenvalue weighted by Gasteiger charge is 2.37. The van der Waals surface area contributed by atoms with E-state index in [1.54, 1.807) is 20.8 Å². The molecule has 3 nitrogen and oxygen atoms in total. The van der Waals surface area contributed by atoms with Gasteiger partial charge in [0, 0.05) is 6.54 Å². The minimum atomic E-state index is -4.35. The number of hydrogen-bond donors (Lipinski definition) is 1. The van der Waals surface area contributed by atoms with E-state index in [1.165, 1.54) is 6.92 Å². The number of likely N-dealkylation sites (N-methyl/N-ethyl adjacent to an activating group) is 2. The van der Waals surface area contributed by atoms with Crippen molar-refractivity contribution in [2.75, 3.05) is 19.6 Å². The maximum absolute atomic E-state index is 12.2. The summed E-state index contributed by atoms with van der Waals surface area (Å²) >= 11 is 0. The van der Waals surface area contributed by atoms with Gasteiger partial charge >= 0.3 is 6.18 Å². The van der Waals surface area contributed by atoms with Gasteiger partial charge < -0.3 is 10.2 Å². The second-order valence-corrected chi connectivity index (χ2v) is 4.09. The summed E-state index contributed by atoms with van der Waals surface area (Å²) in [6, 6.07) is 0. The van der Waals surface area contributed by atoms with Crippen molar-refractivity contribution in [1.82, 2.24) is 10.2 Å². The van der Waals surface area contributed by atoms with Gasteiger partial charge in [-0.3, -0.25) is 4.79 Å². The third-order valence-corrected chi connectivity index (χ3v) is 2.19. The fourth-order valence-corrected chi connectivity index (χ4v) is 1.46. The standard InChI is InChI=1S/C10H19F3N2O/c1-5-14-9(3,4)8(16)15(6-2)7-10(11,12)13/h14H,5-7H2,1-4H3. The molecule has 0 aromatic carbocycles. The van der Waals surface area contributed by atoms with Crippen molar-refractivity contribution in [3.05, 3.63) is 0 Å². The van der Waals surface area contributed by atoms with E-state index in [0.29, 0.717) is 6.54 Å². The Morgan fingerprint density at radius 3 is 2.06 bits per heavy atom. The zero-order valence-electron chi connectivity index (χ0n) is 10.1. The van der Waals surface area contributed by atoms with Crippen molar-refractivity contribution in [2.45, 2.75) is 39.4 Å². The van der Waals surface area contributed by atoms with Crippen LogP contribution in [0.3, 0.4) is 0 Å². The molecule has 1 N–H and O–H groups in total. The zero-order chi connectivity index (χ0) is 13.0. The van der Waals surface area contributed by atoms with Gasteiger partial charge in [0.2, 0.25) is 5.91 Å². The van der Waals surface area contributed by atoms with Crippen LogP contribution in [0.4, 0.5) is 13.2 Å². The fourth-order valence-electron chi connectivity index (χ4n) is 1.46. The van der Waals surface area contributed by atoms with E-state index >= 15 is 0 Å². The van der Waals surface area contributed by atoms with Crippen LogP contribution in [0, 0.1) is 0 Å². The van der Waals surface area contributed by atoms with Gasteiger partial charge in [0.15, 0.2) is 0 Å². The molecule has 6 heteroatoms. The molecule has 0 aromatic heterocycles. The van der Waals surface area contributed by atoms with Gasteiger partial charge in [0.1, 0.15) is 6.54 Å². The summed E-state index contributed by atoms with van der Waals surface area (Å²) in [5.41, 5.74) is -0.962. The first-order valence-electron chi connectivity index (χ1n) is 5.25. The SMILES string of the molecule is CCNC(C)(C)C(=O)N(CC)CC(F)(F)F. The van der Waals surface area contributed by atoms with Crippen molar-refractivity contribution in [3.63, 3.8) is 0 Å². The Hall–Kier alpha value is -0.780. The number of halogens is 3. The van der Waals surface area contributed by atoms with Gasteiger partial charge in [-0.15, -0.1) is 0 Å². The van der Waals surface area contributed by atoms with Gasteiger partial charge in [-0.2, -0.15) is 13.2 Å². The van der Waals surface area contributed by atoms with Crippen LogP contribution < -0.4 is 5.32 Å². The van der Waals surface area contributed by atoms with Gasteiger partial charge in [0.05, 0.1) is 5.54 Å². The highest BCUT2D eigenvalue weighted by Crippen LogP contribution is 2.18. The third-order valence-electron chi connectivity index (χ3n) is 2.19. The number of hydrogen-bond acceptors (Lipinski definition) is 2. The molecular weight excluding hydrogens is 221 g/mol. The summed E-state index contributed by atoms with van der Waals surface area (Å²) in [4.78, 5) is 12.6. The monoisotopic (exact) mass is 240 g/mol. The normalized spacial score (nSPS) is 12.7. The summed E-state index contributed by atoms with van der Waals surface area (Å²) in [6.07, 6.45) is -4.35. The summed E-state index contributed by atoms with van der Waals surface area (Å²) in [5, 5.41) is 2.86. The number of carbonyl (C=O) groups excluding carboxylic acids is 1. The lowest BCUT2D eigenvalue weighted by atomic mass is 10.0. The first-order valence-corrected chi connectivity index (χ1v) is 5.25. The molecule has 1 amide bonds. The lowest BCUT2D eigenvalue weighted by molar-refractivity contribution is -0.164. The molecule has 0 heterocycles. The van der Waals surface area contributed by atoms with Crippen LogP contribution in [-0.4, -0.2) is 42.2 Å². The van der Waals surface area contributed by atoms with Gasteiger partial charge in [-0.1, -0.05) is 6.92 Å². The molecule has 0 radical (unpaired) electrons. The predicted molar refractivity (Wildman–Crippen MR) is 56.1 cm³/mol. The molecule has 0 unspecified atom stereocenters. The van der Waals surface area contributed by atoms with E-state index in [2.05, 4.69) is 5.32 Å². The molecule has 0 saturated carbocycles. The van der Waals surface area contributed by atoms with Crippen LogP contribution in [0.5, 0.6) is 0 Å². The lowest BCUT2D eigenvalue weighted by Crippen LogP contribution is -2.55. The van der Waals surface area contributed by atoms with E-state index in [4.69, 9.17) is 0 Å². The Balaban J connectivity index is 4.65. The summed E-state index contributed by atoms with van der Waals surface area (Å²) < 4.78 is 36.6. The van der Waals surface area contributed by atoms with Crippen LogP contribution in [0.15, 0.2) is 0 Å². The molecule has 96 valence electrons. The molecule has 0 rings (SSSR count). The highest BCUT2D eigenvalue weighted by molar-refractivity contribution is 5.85. The average Bonchev–Trinajstić information content (AvgIpc) is 2.11. The van der Waals surface area contributed by atoms with Crippen molar-refractivity contribution < 1.29 is 18.0 Å². The zero-order valence-corrected chi connectivity index (χ0v) is 10.1. The van der Waals surface area contributed by atoms with Crippen LogP contribution in [0.25, 0.3) is 0 Å². The molecular formula is C10H19F3N2O. The minimum absolute atomic E-state index is 0.0488. The first-order chi connectivity index (χ1) is 7.14. The van der Waals surface area contributed by atoms with Crippen LogP contribution >= 0.6 is 0 Å². The molecule has 0 saturated heterocycles. The summed E-state index contributed by atoms with van der Waals surface area (Å²) in [5.74, 6) is -0.533. The Labute approximate surface area is 94.0 Å². The van der Waals surface area contributed by atoms with Crippen molar-refractivity contribution in [1.29, 1.82) is 0 Å². The highest BCUT2D eigenvalue weighted by atomic mass is 19.4. The first kappa shape index (κ1) is 15.2. The molecule has 0 fully saturated rings. The largest absolute Gasteiger partial charge is 0.406 e. The maximum Gasteiger partial charge on any atom is 0.406 e. The summed E-state index contributed by atoms with van der Waals surface area (Å²) in [6.45, 7) is 5.88. The van der Waals surface area contributed by atoms with E-state index < -0.39 is 24.2 Å². The Kier molecular flexibility index (Phi) is 5.25. The molecule has 0 aliphatic heterocycles. The smallest absolute Gasteiger partial charge is 0.332 e. The van der Waals surface area contributed by atoms with Gasteiger partial charge in [-0.25, -0.2) is 0 Å². The number of nitrogens with zero attached hydrogens (tertiary/aromatic N) is 1. The van der Waals surface area contributed by atoms with Crippen molar-refractivity contribution >= 4 is 5.91 Å². The molecule has 0 aromatic rings. The number of rotatable bonds is 5. The molecule has 0 spiro atoms. The van der Waals surface area contributed by atoms with Gasteiger partial charge in [0.25, 0.3) is 0 Å². The number of carbonyl (C=O) groups is 1. The number of nitrogens with one attached hydrogen (secondary N) is 1. The fraction of sp³-hybridized carbons (Fsp3) is 0.900. The van der Waals surface area contributed by atoms with Crippen LogP contribution in [-0.2, 0) is 4.79 Å². The third kappa shape index (κ3) is 4.83. The maximum atomic E-state index is 12.2. The van der Waals surface area contributed by atoms with E-state index in [9.17, 15) is 18.0 Å². The Morgan fingerprint density at radius 1 is 1.25 bits per heavy atom. The van der Waals surface area contributed by atoms with Crippen LogP contribution in [0.1, 0.15) is 27.7 Å². The average molecular weight is 240 g/mol. The minimum Gasteiger partial charge on any atom is -0.332 e. The predicted octanol–water partition coefficient (Wildman–Crippen LogP) is 1.79. The van der Waals surface area contributed by atoms with Crippen molar-refractivity contribution in [2.24, 2.45) is 0 Å². The topological polar surface area (TPSA) is 32.3 Å². The lowest BCUT2D eigenvalue weighted by Gasteiger charge is -2.32. The van der Waals surface area contributed by atoms with E-state index in [1.807, 2.05) is 0 Å². The Bertz CT molecular complexity index is 239. The molecule has 16 heavy (non-hydrogen) atoms. The second-order valence-electron chi connectivity index (χ2n) is 4.09. The quantitative estimate of drug-likeness (QED) is 0.794. The Morgan fingerprint density at radius 2 is 1.75 bits per heavy atom. The summed E-state index contributed by atoms with van der Waals surface area (Å²) in [7, 11) is 0. The number of alkyl halides is 3. The molecule has 0 atom stereocenters. The van der Waals surface area contributed by atoms with Gasteiger partial charge in [-0.05, 0) is 27.3 Å². The molecule has 0 aliphatic carbocycles. The van der Waals surface area contributed by atoms with E-state index in [-0.39, 0.29) is 6.54 Å². The van der Waals surface area contributed by atoms with Crippen LogP contribution in [0.2, 0.25) is 0 Å².